The third-order valence-electron chi connectivity index (χ3n) is 3.29. The lowest BCUT2D eigenvalue weighted by Gasteiger charge is -2.26. The third-order valence-corrected chi connectivity index (χ3v) is 3.29. The fourth-order valence-electron chi connectivity index (χ4n) is 2.32. The minimum atomic E-state index is 0.845. The van der Waals surface area contributed by atoms with Crippen LogP contribution in [0.4, 0.5) is 0 Å². The SMILES string of the molecule is CC1CCC(c2ccccc2)CC1.CNC. The van der Waals surface area contributed by atoms with Gasteiger partial charge in [0.25, 0.3) is 0 Å². The van der Waals surface area contributed by atoms with Crippen LogP contribution < -0.4 is 5.32 Å². The molecule has 0 radical (unpaired) electrons. The Morgan fingerprint density at radius 3 is 1.94 bits per heavy atom. The van der Waals surface area contributed by atoms with Crippen LogP contribution in [0.2, 0.25) is 0 Å². The minimum Gasteiger partial charge on any atom is -0.323 e. The Kier molecular flexibility index (Phi) is 6.17. The van der Waals surface area contributed by atoms with Gasteiger partial charge in [-0.15, -0.1) is 0 Å². The molecule has 0 heterocycles. The first-order valence-corrected chi connectivity index (χ1v) is 6.41. The van der Waals surface area contributed by atoms with Gasteiger partial charge in [-0.3, -0.25) is 0 Å². The summed E-state index contributed by atoms with van der Waals surface area (Å²) >= 11 is 0. The van der Waals surface area contributed by atoms with E-state index < -0.39 is 0 Å². The maximum Gasteiger partial charge on any atom is -0.0162 e. The summed E-state index contributed by atoms with van der Waals surface area (Å²) in [6.07, 6.45) is 5.62. The molecule has 1 N–H and O–H groups in total. The predicted octanol–water partition coefficient (Wildman–Crippen LogP) is 3.82. The molecule has 0 bridgehead atoms. The van der Waals surface area contributed by atoms with Gasteiger partial charge < -0.3 is 5.32 Å². The highest BCUT2D eigenvalue weighted by Gasteiger charge is 2.18. The molecular weight excluding hydrogens is 194 g/mol. The van der Waals surface area contributed by atoms with E-state index >= 15 is 0 Å². The monoisotopic (exact) mass is 219 g/mol. The van der Waals surface area contributed by atoms with Gasteiger partial charge in [-0.1, -0.05) is 50.1 Å². The smallest absolute Gasteiger partial charge is 0.0162 e. The first-order valence-electron chi connectivity index (χ1n) is 6.41. The van der Waals surface area contributed by atoms with Crippen molar-refractivity contribution in [3.63, 3.8) is 0 Å². The van der Waals surface area contributed by atoms with Crippen molar-refractivity contribution in [1.82, 2.24) is 5.32 Å². The second-order valence-corrected chi connectivity index (χ2v) is 4.87. The van der Waals surface area contributed by atoms with Gasteiger partial charge in [0.05, 0.1) is 0 Å². The van der Waals surface area contributed by atoms with Crippen LogP contribution in [0.25, 0.3) is 0 Å². The zero-order chi connectivity index (χ0) is 11.8. The molecule has 0 amide bonds. The standard InChI is InChI=1S/C13H18.C2H7N/c1-11-7-9-13(10-8-11)12-5-3-2-4-6-12;1-3-2/h2-6,11,13H,7-10H2,1H3;3H,1-2H3. The van der Waals surface area contributed by atoms with E-state index in [1.807, 2.05) is 14.1 Å². The second kappa shape index (κ2) is 7.45. The van der Waals surface area contributed by atoms with Gasteiger partial charge in [0.1, 0.15) is 0 Å². The Balaban J connectivity index is 0.000000386. The minimum absolute atomic E-state index is 0.845. The highest BCUT2D eigenvalue weighted by molar-refractivity contribution is 5.19. The molecule has 16 heavy (non-hydrogen) atoms. The Morgan fingerprint density at radius 1 is 0.938 bits per heavy atom. The molecule has 1 aromatic carbocycles. The summed E-state index contributed by atoms with van der Waals surface area (Å²) in [5.74, 6) is 1.80. The zero-order valence-electron chi connectivity index (χ0n) is 10.9. The largest absolute Gasteiger partial charge is 0.323 e. The van der Waals surface area contributed by atoms with Gasteiger partial charge in [-0.25, -0.2) is 0 Å². The van der Waals surface area contributed by atoms with Gasteiger partial charge in [-0.2, -0.15) is 0 Å². The van der Waals surface area contributed by atoms with E-state index in [-0.39, 0.29) is 0 Å². The molecule has 1 aliphatic rings. The highest BCUT2D eigenvalue weighted by atomic mass is 14.7. The van der Waals surface area contributed by atoms with E-state index in [1.165, 1.54) is 25.7 Å². The van der Waals surface area contributed by atoms with E-state index in [4.69, 9.17) is 0 Å². The molecule has 1 heteroatoms. The quantitative estimate of drug-likeness (QED) is 0.757. The molecule has 2 rings (SSSR count). The van der Waals surface area contributed by atoms with Crippen LogP contribution >= 0.6 is 0 Å². The summed E-state index contributed by atoms with van der Waals surface area (Å²) in [7, 11) is 3.75. The van der Waals surface area contributed by atoms with Crippen LogP contribution in [0.3, 0.4) is 0 Å². The lowest BCUT2D eigenvalue weighted by Crippen LogP contribution is -2.10. The molecule has 1 fully saturated rings. The fraction of sp³-hybridized carbons (Fsp3) is 0.600. The lowest BCUT2D eigenvalue weighted by molar-refractivity contribution is 0.348. The predicted molar refractivity (Wildman–Crippen MR) is 71.8 cm³/mol. The van der Waals surface area contributed by atoms with Crippen LogP contribution in [0.5, 0.6) is 0 Å². The molecule has 0 atom stereocenters. The Morgan fingerprint density at radius 2 is 1.44 bits per heavy atom. The summed E-state index contributed by atoms with van der Waals surface area (Å²) in [5, 5.41) is 2.75. The zero-order valence-corrected chi connectivity index (χ0v) is 10.9. The normalized spacial score (nSPS) is 24.4. The Labute approximate surface area is 100 Å². The van der Waals surface area contributed by atoms with E-state index in [2.05, 4.69) is 42.6 Å². The molecule has 1 saturated carbocycles. The summed E-state index contributed by atoms with van der Waals surface area (Å²) < 4.78 is 0. The molecule has 1 aliphatic carbocycles. The van der Waals surface area contributed by atoms with Crippen molar-refractivity contribution in [2.75, 3.05) is 14.1 Å². The summed E-state index contributed by atoms with van der Waals surface area (Å²) in [6.45, 7) is 2.38. The van der Waals surface area contributed by atoms with Crippen LogP contribution in [0.15, 0.2) is 30.3 Å². The van der Waals surface area contributed by atoms with E-state index in [9.17, 15) is 0 Å². The van der Waals surface area contributed by atoms with Crippen LogP contribution in [0.1, 0.15) is 44.1 Å². The third kappa shape index (κ3) is 4.36. The van der Waals surface area contributed by atoms with Gasteiger partial charge in [0.15, 0.2) is 0 Å². The lowest BCUT2D eigenvalue weighted by atomic mass is 9.79. The van der Waals surface area contributed by atoms with Crippen molar-refractivity contribution in [1.29, 1.82) is 0 Å². The Bertz CT molecular complexity index is 260. The topological polar surface area (TPSA) is 12.0 Å². The number of hydrogen-bond donors (Lipinski definition) is 1. The van der Waals surface area contributed by atoms with Crippen molar-refractivity contribution in [3.8, 4) is 0 Å². The maximum atomic E-state index is 2.75. The number of nitrogens with one attached hydrogen (secondary N) is 1. The van der Waals surface area contributed by atoms with Crippen LogP contribution in [-0.4, -0.2) is 14.1 Å². The second-order valence-electron chi connectivity index (χ2n) is 4.87. The molecule has 0 aliphatic heterocycles. The van der Waals surface area contributed by atoms with E-state index in [0.717, 1.165) is 11.8 Å². The number of hydrogen-bond acceptors (Lipinski definition) is 1. The molecule has 0 saturated heterocycles. The Hall–Kier alpha value is -0.820. The van der Waals surface area contributed by atoms with Crippen molar-refractivity contribution in [2.45, 2.75) is 38.5 Å². The average molecular weight is 219 g/mol. The molecule has 0 unspecified atom stereocenters. The van der Waals surface area contributed by atoms with Crippen molar-refractivity contribution in [3.05, 3.63) is 35.9 Å². The molecule has 0 spiro atoms. The first kappa shape index (κ1) is 13.2. The first-order chi connectivity index (χ1) is 7.77. The van der Waals surface area contributed by atoms with E-state index in [1.54, 1.807) is 5.56 Å². The van der Waals surface area contributed by atoms with Crippen molar-refractivity contribution < 1.29 is 0 Å². The molecule has 1 nitrogen and oxygen atoms in total. The average Bonchev–Trinajstić information content (AvgIpc) is 2.32. The number of benzene rings is 1. The summed E-state index contributed by atoms with van der Waals surface area (Å²) in [6, 6.07) is 11.0. The molecule has 0 aromatic heterocycles. The van der Waals surface area contributed by atoms with Gasteiger partial charge in [0, 0.05) is 0 Å². The van der Waals surface area contributed by atoms with Crippen LogP contribution in [0, 0.1) is 5.92 Å². The number of rotatable bonds is 1. The van der Waals surface area contributed by atoms with E-state index in [0.29, 0.717) is 0 Å². The van der Waals surface area contributed by atoms with Crippen LogP contribution in [-0.2, 0) is 0 Å². The summed E-state index contributed by atoms with van der Waals surface area (Å²) in [4.78, 5) is 0. The van der Waals surface area contributed by atoms with Crippen molar-refractivity contribution in [2.24, 2.45) is 5.92 Å². The van der Waals surface area contributed by atoms with Gasteiger partial charge >= 0.3 is 0 Å². The fourth-order valence-corrected chi connectivity index (χ4v) is 2.32. The molecular formula is C15H25N. The molecule has 90 valence electrons. The molecule has 1 aromatic rings. The van der Waals surface area contributed by atoms with Gasteiger partial charge in [-0.05, 0) is 44.3 Å². The maximum absolute atomic E-state index is 2.75. The summed E-state index contributed by atoms with van der Waals surface area (Å²) in [5.41, 5.74) is 1.55. The van der Waals surface area contributed by atoms with Crippen molar-refractivity contribution >= 4 is 0 Å². The van der Waals surface area contributed by atoms with Gasteiger partial charge in [0.2, 0.25) is 0 Å². The highest BCUT2D eigenvalue weighted by Crippen LogP contribution is 2.35.